The molecule has 2 atom stereocenters. The first kappa shape index (κ1) is 14.1. The molecule has 1 saturated heterocycles. The third-order valence-electron chi connectivity index (χ3n) is 3.86. The van der Waals surface area contributed by atoms with E-state index in [1.807, 2.05) is 18.2 Å². The van der Waals surface area contributed by atoms with Crippen LogP contribution in [0.25, 0.3) is 0 Å². The van der Waals surface area contributed by atoms with Gasteiger partial charge in [0.15, 0.2) is 0 Å². The van der Waals surface area contributed by atoms with Crippen molar-refractivity contribution < 1.29 is 9.90 Å². The van der Waals surface area contributed by atoms with Crippen molar-refractivity contribution in [1.29, 1.82) is 0 Å². The molecule has 1 aliphatic heterocycles. The maximum Gasteiger partial charge on any atom is 0.308 e. The number of carboxylic acid groups (broad SMARTS) is 1. The molecule has 1 heterocycles. The van der Waals surface area contributed by atoms with Crippen LogP contribution in [0.3, 0.4) is 0 Å². The molecule has 2 rings (SSSR count). The molecule has 0 spiro atoms. The van der Waals surface area contributed by atoms with Gasteiger partial charge in [0, 0.05) is 19.6 Å². The fourth-order valence-corrected chi connectivity index (χ4v) is 3.06. The molecule has 1 aromatic rings. The largest absolute Gasteiger partial charge is 0.481 e. The molecule has 0 bridgehead atoms. The lowest BCUT2D eigenvalue weighted by Gasteiger charge is -2.17. The Bertz CT molecular complexity index is 416. The minimum absolute atomic E-state index is 0.203. The normalized spacial score (nSPS) is 23.9. The fraction of sp³-hybridized carbons (Fsp3) is 0.562. The molecular weight excluding hydrogens is 238 g/mol. The number of hydrogen-bond donors (Lipinski definition) is 1. The highest BCUT2D eigenvalue weighted by molar-refractivity contribution is 5.71. The van der Waals surface area contributed by atoms with Gasteiger partial charge in [-0.3, -0.25) is 9.69 Å². The van der Waals surface area contributed by atoms with Crippen LogP contribution in [0.1, 0.15) is 25.8 Å². The second-order valence-corrected chi connectivity index (χ2v) is 6.01. The number of rotatable bonds is 5. The summed E-state index contributed by atoms with van der Waals surface area (Å²) >= 11 is 0. The standard InChI is InChI=1S/C16H23NO2/c1-12(2)8-14-10-17(11-15(14)16(18)19)9-13-6-4-3-5-7-13/h3-7,12,14-15H,8-11H2,1-2H3,(H,18,19)/t14-,15+/m0/s1. The second-order valence-electron chi connectivity index (χ2n) is 6.01. The summed E-state index contributed by atoms with van der Waals surface area (Å²) in [6.45, 7) is 6.78. The number of nitrogens with zero attached hydrogens (tertiary/aromatic N) is 1. The molecule has 0 amide bonds. The van der Waals surface area contributed by atoms with E-state index in [0.29, 0.717) is 18.4 Å². The van der Waals surface area contributed by atoms with E-state index >= 15 is 0 Å². The quantitative estimate of drug-likeness (QED) is 0.886. The van der Waals surface area contributed by atoms with Gasteiger partial charge in [0.25, 0.3) is 0 Å². The third-order valence-corrected chi connectivity index (χ3v) is 3.86. The maximum absolute atomic E-state index is 11.4. The van der Waals surface area contributed by atoms with Crippen molar-refractivity contribution in [1.82, 2.24) is 4.90 Å². The summed E-state index contributed by atoms with van der Waals surface area (Å²) in [5.41, 5.74) is 1.26. The molecule has 3 nitrogen and oxygen atoms in total. The van der Waals surface area contributed by atoms with Crippen molar-refractivity contribution in [2.45, 2.75) is 26.8 Å². The molecule has 0 radical (unpaired) electrons. The second kappa shape index (κ2) is 6.20. The van der Waals surface area contributed by atoms with Crippen molar-refractivity contribution in [3.63, 3.8) is 0 Å². The Labute approximate surface area is 115 Å². The van der Waals surface area contributed by atoms with Gasteiger partial charge in [-0.05, 0) is 23.8 Å². The van der Waals surface area contributed by atoms with Gasteiger partial charge in [-0.15, -0.1) is 0 Å². The van der Waals surface area contributed by atoms with Crippen LogP contribution in [0, 0.1) is 17.8 Å². The van der Waals surface area contributed by atoms with E-state index in [-0.39, 0.29) is 5.92 Å². The first-order chi connectivity index (χ1) is 9.06. The van der Waals surface area contributed by atoms with E-state index in [4.69, 9.17) is 0 Å². The first-order valence-corrected chi connectivity index (χ1v) is 7.05. The average molecular weight is 261 g/mol. The van der Waals surface area contributed by atoms with Crippen molar-refractivity contribution >= 4 is 5.97 Å². The van der Waals surface area contributed by atoms with Gasteiger partial charge in [0.05, 0.1) is 5.92 Å². The SMILES string of the molecule is CC(C)C[C@H]1CN(Cc2ccccc2)C[C@H]1C(=O)O. The summed E-state index contributed by atoms with van der Waals surface area (Å²) in [6.07, 6.45) is 1.00. The molecule has 19 heavy (non-hydrogen) atoms. The topological polar surface area (TPSA) is 40.5 Å². The highest BCUT2D eigenvalue weighted by atomic mass is 16.4. The highest BCUT2D eigenvalue weighted by Gasteiger charge is 2.37. The number of aliphatic carboxylic acids is 1. The monoisotopic (exact) mass is 261 g/mol. The van der Waals surface area contributed by atoms with E-state index in [1.165, 1.54) is 5.56 Å². The van der Waals surface area contributed by atoms with Crippen LogP contribution >= 0.6 is 0 Å². The Kier molecular flexibility index (Phi) is 4.59. The summed E-state index contributed by atoms with van der Waals surface area (Å²) in [5, 5.41) is 9.35. The minimum atomic E-state index is -0.638. The van der Waals surface area contributed by atoms with Gasteiger partial charge in [-0.25, -0.2) is 0 Å². The van der Waals surface area contributed by atoms with Crippen LogP contribution in [-0.2, 0) is 11.3 Å². The highest BCUT2D eigenvalue weighted by Crippen LogP contribution is 2.30. The van der Waals surface area contributed by atoms with Crippen molar-refractivity contribution in [3.8, 4) is 0 Å². The fourth-order valence-electron chi connectivity index (χ4n) is 3.06. The Morgan fingerprint density at radius 1 is 1.32 bits per heavy atom. The van der Waals surface area contributed by atoms with Crippen LogP contribution in [0.2, 0.25) is 0 Å². The Morgan fingerprint density at radius 2 is 2.00 bits per heavy atom. The molecule has 1 N–H and O–H groups in total. The van der Waals surface area contributed by atoms with Gasteiger partial charge in [0.2, 0.25) is 0 Å². The van der Waals surface area contributed by atoms with Gasteiger partial charge in [0.1, 0.15) is 0 Å². The molecule has 1 aromatic carbocycles. The maximum atomic E-state index is 11.4. The zero-order valence-corrected chi connectivity index (χ0v) is 11.7. The third kappa shape index (κ3) is 3.80. The summed E-state index contributed by atoms with van der Waals surface area (Å²) in [5.74, 6) is 0.0112. The number of carbonyl (C=O) groups is 1. The predicted octanol–water partition coefficient (Wildman–Crippen LogP) is 2.87. The molecule has 0 saturated carbocycles. The molecule has 0 aliphatic carbocycles. The summed E-state index contributed by atoms with van der Waals surface area (Å²) in [4.78, 5) is 13.6. The van der Waals surface area contributed by atoms with Crippen LogP contribution in [0.5, 0.6) is 0 Å². The summed E-state index contributed by atoms with van der Waals surface area (Å²) in [6, 6.07) is 10.3. The number of carboxylic acids is 1. The minimum Gasteiger partial charge on any atom is -0.481 e. The predicted molar refractivity (Wildman–Crippen MR) is 75.8 cm³/mol. The lowest BCUT2D eigenvalue weighted by molar-refractivity contribution is -0.142. The molecule has 1 fully saturated rings. The van der Waals surface area contributed by atoms with E-state index < -0.39 is 5.97 Å². The molecular formula is C16H23NO2. The van der Waals surface area contributed by atoms with Crippen molar-refractivity contribution in [3.05, 3.63) is 35.9 Å². The van der Waals surface area contributed by atoms with E-state index in [9.17, 15) is 9.90 Å². The Morgan fingerprint density at radius 3 is 2.58 bits per heavy atom. The Hall–Kier alpha value is -1.35. The number of likely N-dealkylation sites (tertiary alicyclic amines) is 1. The zero-order chi connectivity index (χ0) is 13.8. The van der Waals surface area contributed by atoms with Gasteiger partial charge in [-0.2, -0.15) is 0 Å². The van der Waals surface area contributed by atoms with Crippen LogP contribution < -0.4 is 0 Å². The van der Waals surface area contributed by atoms with Gasteiger partial charge in [-0.1, -0.05) is 44.2 Å². The van der Waals surface area contributed by atoms with E-state index in [2.05, 4.69) is 30.9 Å². The van der Waals surface area contributed by atoms with Gasteiger partial charge >= 0.3 is 5.97 Å². The zero-order valence-electron chi connectivity index (χ0n) is 11.7. The Balaban J connectivity index is 1.99. The molecule has 3 heteroatoms. The van der Waals surface area contributed by atoms with Crippen LogP contribution in [-0.4, -0.2) is 29.1 Å². The number of hydrogen-bond acceptors (Lipinski definition) is 2. The average Bonchev–Trinajstić information content (AvgIpc) is 2.72. The van der Waals surface area contributed by atoms with Gasteiger partial charge < -0.3 is 5.11 Å². The molecule has 0 aromatic heterocycles. The first-order valence-electron chi connectivity index (χ1n) is 7.05. The van der Waals surface area contributed by atoms with Crippen molar-refractivity contribution in [2.75, 3.05) is 13.1 Å². The molecule has 104 valence electrons. The van der Waals surface area contributed by atoms with E-state index in [1.54, 1.807) is 0 Å². The van der Waals surface area contributed by atoms with Crippen molar-refractivity contribution in [2.24, 2.45) is 17.8 Å². The lowest BCUT2D eigenvalue weighted by Crippen LogP contribution is -2.23. The number of benzene rings is 1. The smallest absolute Gasteiger partial charge is 0.308 e. The van der Waals surface area contributed by atoms with E-state index in [0.717, 1.165) is 19.5 Å². The summed E-state index contributed by atoms with van der Waals surface area (Å²) < 4.78 is 0. The lowest BCUT2D eigenvalue weighted by atomic mass is 9.88. The summed E-state index contributed by atoms with van der Waals surface area (Å²) in [7, 11) is 0. The van der Waals surface area contributed by atoms with Crippen LogP contribution in [0.4, 0.5) is 0 Å². The molecule has 0 unspecified atom stereocenters. The van der Waals surface area contributed by atoms with Crippen LogP contribution in [0.15, 0.2) is 30.3 Å². The molecule has 1 aliphatic rings.